The van der Waals surface area contributed by atoms with Gasteiger partial charge in [-0.3, -0.25) is 0 Å². The standard InChI is InChI=1S/C15H26/c1-5-12-7-8-14-9-13(6-2)11(4)15(14)10(12)3/h10,12-15H,4-9H2,1-3H3. The Morgan fingerprint density at radius 2 is 1.93 bits per heavy atom. The first kappa shape index (κ1) is 11.2. The Bertz CT molecular complexity index is 240. The summed E-state index contributed by atoms with van der Waals surface area (Å²) in [6.45, 7) is 11.6. The predicted molar refractivity (Wildman–Crippen MR) is 66.7 cm³/mol. The molecule has 0 saturated heterocycles. The van der Waals surface area contributed by atoms with E-state index in [-0.39, 0.29) is 0 Å². The van der Waals surface area contributed by atoms with E-state index in [9.17, 15) is 0 Å². The first-order chi connectivity index (χ1) is 7.19. The lowest BCUT2D eigenvalue weighted by atomic mass is 9.67. The molecule has 5 atom stereocenters. The van der Waals surface area contributed by atoms with Crippen LogP contribution >= 0.6 is 0 Å². The summed E-state index contributed by atoms with van der Waals surface area (Å²) >= 11 is 0. The van der Waals surface area contributed by atoms with Gasteiger partial charge in [-0.1, -0.05) is 39.3 Å². The van der Waals surface area contributed by atoms with E-state index in [0.29, 0.717) is 0 Å². The summed E-state index contributed by atoms with van der Waals surface area (Å²) in [7, 11) is 0. The number of hydrogen-bond acceptors (Lipinski definition) is 0. The molecule has 0 aromatic carbocycles. The van der Waals surface area contributed by atoms with Crippen molar-refractivity contribution in [2.24, 2.45) is 29.6 Å². The molecule has 0 aromatic heterocycles. The summed E-state index contributed by atoms with van der Waals surface area (Å²) in [4.78, 5) is 0. The highest BCUT2D eigenvalue weighted by atomic mass is 14.5. The van der Waals surface area contributed by atoms with Crippen LogP contribution in [0.5, 0.6) is 0 Å². The van der Waals surface area contributed by atoms with E-state index >= 15 is 0 Å². The molecule has 0 heteroatoms. The highest BCUT2D eigenvalue weighted by molar-refractivity contribution is 5.16. The lowest BCUT2D eigenvalue weighted by Gasteiger charge is -2.38. The van der Waals surface area contributed by atoms with Crippen molar-refractivity contribution in [2.45, 2.75) is 52.9 Å². The topological polar surface area (TPSA) is 0 Å². The molecule has 2 saturated carbocycles. The maximum absolute atomic E-state index is 4.41. The van der Waals surface area contributed by atoms with Crippen LogP contribution in [-0.2, 0) is 0 Å². The van der Waals surface area contributed by atoms with Gasteiger partial charge in [0.1, 0.15) is 0 Å². The summed E-state index contributed by atoms with van der Waals surface area (Å²) < 4.78 is 0. The average molecular weight is 206 g/mol. The van der Waals surface area contributed by atoms with E-state index in [2.05, 4.69) is 27.4 Å². The van der Waals surface area contributed by atoms with E-state index in [0.717, 1.165) is 29.6 Å². The van der Waals surface area contributed by atoms with Gasteiger partial charge < -0.3 is 0 Å². The van der Waals surface area contributed by atoms with Crippen molar-refractivity contribution in [1.82, 2.24) is 0 Å². The van der Waals surface area contributed by atoms with Crippen molar-refractivity contribution in [3.05, 3.63) is 12.2 Å². The maximum Gasteiger partial charge on any atom is -0.0146 e. The number of allylic oxidation sites excluding steroid dienone is 1. The SMILES string of the molecule is C=C1C(CC)CC2CCC(CC)C(C)C12. The number of fused-ring (bicyclic) bond motifs is 1. The molecule has 0 heterocycles. The Balaban J connectivity index is 2.14. The lowest BCUT2D eigenvalue weighted by molar-refractivity contribution is 0.142. The van der Waals surface area contributed by atoms with Gasteiger partial charge in [0.15, 0.2) is 0 Å². The minimum absolute atomic E-state index is 0.845. The molecule has 0 aromatic rings. The fourth-order valence-electron chi connectivity index (χ4n) is 4.29. The molecule has 0 spiro atoms. The van der Waals surface area contributed by atoms with Crippen LogP contribution in [0.15, 0.2) is 12.2 Å². The van der Waals surface area contributed by atoms with Gasteiger partial charge in [0.25, 0.3) is 0 Å². The Kier molecular flexibility index (Phi) is 3.23. The second kappa shape index (κ2) is 4.31. The van der Waals surface area contributed by atoms with Gasteiger partial charge in [-0.2, -0.15) is 0 Å². The van der Waals surface area contributed by atoms with Crippen molar-refractivity contribution in [3.8, 4) is 0 Å². The van der Waals surface area contributed by atoms with E-state index in [1.165, 1.54) is 32.1 Å². The lowest BCUT2D eigenvalue weighted by Crippen LogP contribution is -2.30. The molecule has 5 unspecified atom stereocenters. The van der Waals surface area contributed by atoms with Crippen LogP contribution in [0.1, 0.15) is 52.9 Å². The van der Waals surface area contributed by atoms with Gasteiger partial charge in [0, 0.05) is 0 Å². The summed E-state index contributed by atoms with van der Waals surface area (Å²) in [6.07, 6.45) is 7.08. The normalized spacial score (nSPS) is 45.5. The maximum atomic E-state index is 4.41. The van der Waals surface area contributed by atoms with Gasteiger partial charge in [0.2, 0.25) is 0 Å². The first-order valence-corrected chi connectivity index (χ1v) is 6.87. The zero-order chi connectivity index (χ0) is 11.0. The highest BCUT2D eigenvalue weighted by Gasteiger charge is 2.44. The van der Waals surface area contributed by atoms with E-state index in [1.807, 2.05) is 0 Å². The minimum Gasteiger partial charge on any atom is -0.0993 e. The van der Waals surface area contributed by atoms with Gasteiger partial charge in [0.05, 0.1) is 0 Å². The summed E-state index contributed by atoms with van der Waals surface area (Å²) in [5.41, 5.74) is 1.60. The van der Waals surface area contributed by atoms with Crippen LogP contribution in [0, 0.1) is 29.6 Å². The van der Waals surface area contributed by atoms with Gasteiger partial charge in [-0.05, 0) is 55.3 Å². The van der Waals surface area contributed by atoms with Crippen LogP contribution in [0.25, 0.3) is 0 Å². The molecule has 0 bridgehead atoms. The number of hydrogen-bond donors (Lipinski definition) is 0. The smallest absolute Gasteiger partial charge is 0.0146 e. The third-order valence-electron chi connectivity index (χ3n) is 5.28. The Labute approximate surface area is 95.1 Å². The fourth-order valence-corrected chi connectivity index (χ4v) is 4.29. The van der Waals surface area contributed by atoms with E-state index < -0.39 is 0 Å². The molecule has 2 fully saturated rings. The van der Waals surface area contributed by atoms with Crippen LogP contribution in [0.3, 0.4) is 0 Å². The van der Waals surface area contributed by atoms with Crippen molar-refractivity contribution in [2.75, 3.05) is 0 Å². The molecular weight excluding hydrogens is 180 g/mol. The zero-order valence-corrected chi connectivity index (χ0v) is 10.6. The molecule has 0 radical (unpaired) electrons. The second-order valence-electron chi connectivity index (χ2n) is 5.81. The van der Waals surface area contributed by atoms with Crippen LogP contribution in [-0.4, -0.2) is 0 Å². The Hall–Kier alpha value is -0.260. The summed E-state index contributed by atoms with van der Waals surface area (Å²) in [5.74, 6) is 4.57. The average Bonchev–Trinajstić information content (AvgIpc) is 2.57. The van der Waals surface area contributed by atoms with Crippen molar-refractivity contribution in [3.63, 3.8) is 0 Å². The fraction of sp³-hybridized carbons (Fsp3) is 0.867. The molecule has 0 N–H and O–H groups in total. The van der Waals surface area contributed by atoms with Crippen LogP contribution in [0.4, 0.5) is 0 Å². The van der Waals surface area contributed by atoms with Crippen molar-refractivity contribution in [1.29, 1.82) is 0 Å². The van der Waals surface area contributed by atoms with Gasteiger partial charge >= 0.3 is 0 Å². The van der Waals surface area contributed by atoms with Crippen molar-refractivity contribution < 1.29 is 0 Å². The molecule has 15 heavy (non-hydrogen) atoms. The number of rotatable bonds is 2. The van der Waals surface area contributed by atoms with Gasteiger partial charge in [-0.15, -0.1) is 0 Å². The molecule has 86 valence electrons. The monoisotopic (exact) mass is 206 g/mol. The molecule has 2 aliphatic rings. The summed E-state index contributed by atoms with van der Waals surface area (Å²) in [6, 6.07) is 0. The molecule has 0 amide bonds. The van der Waals surface area contributed by atoms with Crippen LogP contribution < -0.4 is 0 Å². The zero-order valence-electron chi connectivity index (χ0n) is 10.6. The van der Waals surface area contributed by atoms with Crippen molar-refractivity contribution >= 4 is 0 Å². The molecule has 0 nitrogen and oxygen atoms in total. The van der Waals surface area contributed by atoms with Crippen LogP contribution in [0.2, 0.25) is 0 Å². The van der Waals surface area contributed by atoms with E-state index in [1.54, 1.807) is 5.57 Å². The molecule has 0 aliphatic heterocycles. The largest absolute Gasteiger partial charge is 0.0993 e. The Morgan fingerprint density at radius 3 is 2.53 bits per heavy atom. The second-order valence-corrected chi connectivity index (χ2v) is 5.81. The summed E-state index contributed by atoms with van der Waals surface area (Å²) in [5, 5.41) is 0. The molecule has 2 aliphatic carbocycles. The highest BCUT2D eigenvalue weighted by Crippen LogP contribution is 2.53. The van der Waals surface area contributed by atoms with Gasteiger partial charge in [-0.25, -0.2) is 0 Å². The predicted octanol–water partition coefficient (Wildman–Crippen LogP) is 4.66. The quantitative estimate of drug-likeness (QED) is 0.576. The minimum atomic E-state index is 0.845. The Morgan fingerprint density at radius 1 is 1.20 bits per heavy atom. The third kappa shape index (κ3) is 1.77. The molecular formula is C15H26. The molecule has 2 rings (SSSR count). The first-order valence-electron chi connectivity index (χ1n) is 6.87. The van der Waals surface area contributed by atoms with E-state index in [4.69, 9.17) is 0 Å². The third-order valence-corrected chi connectivity index (χ3v) is 5.28.